The van der Waals surface area contributed by atoms with Crippen molar-refractivity contribution in [1.29, 1.82) is 0 Å². The van der Waals surface area contributed by atoms with E-state index in [1.165, 1.54) is 0 Å². The van der Waals surface area contributed by atoms with E-state index < -0.39 is 37.3 Å². The molecule has 4 N–H and O–H groups in total. The van der Waals surface area contributed by atoms with Crippen LogP contribution in [0.1, 0.15) is 0 Å². The van der Waals surface area contributed by atoms with Crippen LogP contribution in [0, 0.1) is 0 Å². The van der Waals surface area contributed by atoms with Crippen LogP contribution in [0.15, 0.2) is 0 Å². The summed E-state index contributed by atoms with van der Waals surface area (Å²) in [5.74, 6) is 0. The maximum atomic E-state index is 11.8. The predicted molar refractivity (Wildman–Crippen MR) is 36.0 cm³/mol. The average molecular weight is 198 g/mol. The third-order valence-corrected chi connectivity index (χ3v) is 1.94. The minimum absolute atomic E-state index is 0.630. The lowest BCUT2D eigenvalue weighted by molar-refractivity contribution is -0.333. The molecule has 6 nitrogen and oxygen atoms in total. The molecule has 1 rings (SSSR count). The summed E-state index contributed by atoms with van der Waals surface area (Å²) < 4.78 is 16.4. The highest BCUT2D eigenvalue weighted by atomic mass is 19.3. The van der Waals surface area contributed by atoms with Gasteiger partial charge in [0.25, 0.3) is 0 Å². The summed E-state index contributed by atoms with van der Waals surface area (Å²) in [5.41, 5.74) is 0. The van der Waals surface area contributed by atoms with Gasteiger partial charge in [-0.2, -0.15) is 4.94 Å². The molecule has 1 unspecified atom stereocenters. The maximum Gasteiger partial charge on any atom is 0.184 e. The Balaban J connectivity index is 2.69. The molecule has 13 heavy (non-hydrogen) atoms. The highest BCUT2D eigenvalue weighted by molar-refractivity contribution is 4.88. The van der Waals surface area contributed by atoms with Crippen molar-refractivity contribution in [2.75, 3.05) is 6.61 Å². The molecule has 0 bridgehead atoms. The molecule has 0 aromatic carbocycles. The first-order valence-electron chi connectivity index (χ1n) is 3.69. The van der Waals surface area contributed by atoms with E-state index in [1.807, 2.05) is 0 Å². The van der Waals surface area contributed by atoms with E-state index >= 15 is 0 Å². The lowest BCUT2D eigenvalue weighted by Crippen LogP contribution is -2.58. The molecule has 0 aromatic heterocycles. The lowest BCUT2D eigenvalue weighted by Gasteiger charge is -2.37. The first-order valence-corrected chi connectivity index (χ1v) is 3.69. The second-order valence-electron chi connectivity index (χ2n) is 2.78. The number of aliphatic hydroxyl groups is 4. The minimum Gasteiger partial charge on any atom is -0.394 e. The van der Waals surface area contributed by atoms with E-state index in [4.69, 9.17) is 20.4 Å². The van der Waals surface area contributed by atoms with Crippen LogP contribution < -0.4 is 0 Å². The molecule has 5 atom stereocenters. The molecule has 1 aliphatic heterocycles. The van der Waals surface area contributed by atoms with Crippen LogP contribution in [0.4, 0.5) is 4.53 Å². The number of hydrogen-bond donors (Lipinski definition) is 4. The zero-order chi connectivity index (χ0) is 10.0. The van der Waals surface area contributed by atoms with Crippen molar-refractivity contribution in [3.63, 3.8) is 0 Å². The van der Waals surface area contributed by atoms with Crippen LogP contribution in [0.25, 0.3) is 0 Å². The van der Waals surface area contributed by atoms with Gasteiger partial charge in [-0.05, 0) is 4.53 Å². The molecule has 7 heteroatoms. The molecular weight excluding hydrogens is 187 g/mol. The predicted octanol–water partition coefficient (Wildman–Crippen LogP) is -2.31. The van der Waals surface area contributed by atoms with Crippen LogP contribution in [-0.4, -0.2) is 57.7 Å². The molecule has 0 amide bonds. The second-order valence-corrected chi connectivity index (χ2v) is 2.78. The van der Waals surface area contributed by atoms with Crippen LogP contribution >= 0.6 is 0 Å². The average Bonchev–Trinajstić information content (AvgIpc) is 2.13. The van der Waals surface area contributed by atoms with Gasteiger partial charge in [-0.25, -0.2) is 0 Å². The summed E-state index contributed by atoms with van der Waals surface area (Å²) in [6.45, 7) is -0.630. The minimum atomic E-state index is -1.65. The van der Waals surface area contributed by atoms with E-state index in [9.17, 15) is 4.53 Å². The van der Waals surface area contributed by atoms with Gasteiger partial charge in [0.2, 0.25) is 0 Å². The summed E-state index contributed by atoms with van der Waals surface area (Å²) in [4.78, 5) is 3.32. The zero-order valence-corrected chi connectivity index (χ0v) is 6.58. The largest absolute Gasteiger partial charge is 0.394 e. The van der Waals surface area contributed by atoms with Crippen molar-refractivity contribution >= 4 is 0 Å². The van der Waals surface area contributed by atoms with Crippen LogP contribution in [0.2, 0.25) is 0 Å². The molecule has 0 aliphatic carbocycles. The fourth-order valence-corrected chi connectivity index (χ4v) is 1.18. The van der Waals surface area contributed by atoms with Crippen molar-refractivity contribution in [3.8, 4) is 0 Å². The van der Waals surface area contributed by atoms with Crippen LogP contribution in [-0.2, 0) is 9.68 Å². The first kappa shape index (κ1) is 10.8. The van der Waals surface area contributed by atoms with E-state index in [2.05, 4.69) is 9.68 Å². The first-order chi connectivity index (χ1) is 6.11. The van der Waals surface area contributed by atoms with Crippen molar-refractivity contribution in [2.24, 2.45) is 0 Å². The van der Waals surface area contributed by atoms with Gasteiger partial charge in [0, 0.05) is 0 Å². The van der Waals surface area contributed by atoms with Gasteiger partial charge in [-0.15, -0.1) is 0 Å². The highest BCUT2D eigenvalue weighted by Gasteiger charge is 2.45. The highest BCUT2D eigenvalue weighted by Crippen LogP contribution is 2.22. The monoisotopic (exact) mass is 198 g/mol. The number of aliphatic hydroxyl groups excluding tert-OH is 4. The van der Waals surface area contributed by atoms with Gasteiger partial charge in [0.1, 0.15) is 18.3 Å². The third-order valence-electron chi connectivity index (χ3n) is 1.94. The summed E-state index contributed by atoms with van der Waals surface area (Å²) in [5, 5.41) is 35.7. The van der Waals surface area contributed by atoms with E-state index in [1.54, 1.807) is 0 Å². The van der Waals surface area contributed by atoms with Gasteiger partial charge < -0.3 is 25.2 Å². The zero-order valence-electron chi connectivity index (χ0n) is 6.58. The normalized spacial score (nSPS) is 46.4. The molecule has 78 valence electrons. The van der Waals surface area contributed by atoms with Crippen molar-refractivity contribution in [2.45, 2.75) is 30.7 Å². The molecule has 1 fully saturated rings. The number of halogens is 1. The van der Waals surface area contributed by atoms with Crippen molar-refractivity contribution < 1.29 is 34.6 Å². The summed E-state index contributed by atoms with van der Waals surface area (Å²) >= 11 is 0. The van der Waals surface area contributed by atoms with E-state index in [0.717, 1.165) is 0 Å². The summed E-state index contributed by atoms with van der Waals surface area (Å²) in [6, 6.07) is 0. The number of ether oxygens (including phenoxy) is 1. The van der Waals surface area contributed by atoms with Gasteiger partial charge in [-0.3, -0.25) is 0 Å². The van der Waals surface area contributed by atoms with Crippen molar-refractivity contribution in [1.82, 2.24) is 0 Å². The molecule has 1 heterocycles. The Labute approximate surface area is 73.0 Å². The van der Waals surface area contributed by atoms with E-state index in [-0.39, 0.29) is 0 Å². The molecule has 0 spiro atoms. The Morgan fingerprint density at radius 1 is 1.23 bits per heavy atom. The second kappa shape index (κ2) is 4.27. The standard InChI is InChI=1S/C6H11FO6/c7-13-5-2(1-8)12-6(11)4(10)3(5)9/h2-6,8-11H,1H2/t2-,3-,4-,5+,6?/m1/s1. The fourth-order valence-electron chi connectivity index (χ4n) is 1.18. The molecule has 1 aliphatic rings. The topological polar surface area (TPSA) is 99.4 Å². The SMILES string of the molecule is OC[C@H]1OC(O)[C@H](O)[C@@H](O)[C@H]1OF. The van der Waals surface area contributed by atoms with Crippen LogP contribution in [0.3, 0.4) is 0 Å². The van der Waals surface area contributed by atoms with Gasteiger partial charge in [0.15, 0.2) is 12.4 Å². The molecule has 0 aromatic rings. The Morgan fingerprint density at radius 2 is 1.85 bits per heavy atom. The third kappa shape index (κ3) is 1.96. The smallest absolute Gasteiger partial charge is 0.184 e. The summed E-state index contributed by atoms with van der Waals surface area (Å²) in [6.07, 6.45) is -7.63. The quantitative estimate of drug-likeness (QED) is 0.398. The molecule has 1 saturated heterocycles. The Kier molecular flexibility index (Phi) is 3.54. The Bertz CT molecular complexity index is 165. The van der Waals surface area contributed by atoms with Gasteiger partial charge >= 0.3 is 0 Å². The maximum absolute atomic E-state index is 11.8. The van der Waals surface area contributed by atoms with Crippen LogP contribution in [0.5, 0.6) is 0 Å². The molecule has 0 saturated carbocycles. The van der Waals surface area contributed by atoms with Gasteiger partial charge in [-0.1, -0.05) is 0 Å². The molecular formula is C6H11FO6. The van der Waals surface area contributed by atoms with Crippen molar-refractivity contribution in [3.05, 3.63) is 0 Å². The lowest BCUT2D eigenvalue weighted by atomic mass is 9.99. The fraction of sp³-hybridized carbons (Fsp3) is 1.00. The Morgan fingerprint density at radius 3 is 2.31 bits per heavy atom. The molecule has 0 radical (unpaired) electrons. The van der Waals surface area contributed by atoms with E-state index in [0.29, 0.717) is 0 Å². The Hall–Kier alpha value is -0.310. The van der Waals surface area contributed by atoms with Gasteiger partial charge in [0.05, 0.1) is 6.61 Å². The number of rotatable bonds is 2. The number of hydrogen-bond acceptors (Lipinski definition) is 6. The summed E-state index contributed by atoms with van der Waals surface area (Å²) in [7, 11) is 0.